The van der Waals surface area contributed by atoms with Gasteiger partial charge in [-0.2, -0.15) is 5.10 Å². The topological polar surface area (TPSA) is 68.2 Å². The largest absolute Gasteiger partial charge is 0.427 e. The summed E-state index contributed by atoms with van der Waals surface area (Å²) in [6.45, 7) is 1.37. The third kappa shape index (κ3) is 3.24. The molecule has 1 aromatic heterocycles. The molecule has 0 atom stereocenters. The number of benzene rings is 1. The molecule has 0 amide bonds. The van der Waals surface area contributed by atoms with Crippen molar-refractivity contribution < 1.29 is 9.53 Å². The third-order valence-electron chi connectivity index (χ3n) is 2.17. The molecular formula is C12H14N4O2. The Balaban J connectivity index is 1.92. The molecule has 6 heteroatoms. The van der Waals surface area contributed by atoms with Crippen molar-refractivity contribution in [3.63, 3.8) is 0 Å². The molecule has 0 radical (unpaired) electrons. The molecule has 0 fully saturated rings. The van der Waals surface area contributed by atoms with Crippen molar-refractivity contribution in [3.05, 3.63) is 36.7 Å². The van der Waals surface area contributed by atoms with Crippen molar-refractivity contribution in [1.29, 1.82) is 0 Å². The first kappa shape index (κ1) is 12.0. The van der Waals surface area contributed by atoms with Crippen LogP contribution in [-0.2, 0) is 11.8 Å². The average Bonchev–Trinajstić information content (AvgIpc) is 2.74. The quantitative estimate of drug-likeness (QED) is 0.489. The van der Waals surface area contributed by atoms with Crippen LogP contribution in [0.3, 0.4) is 0 Å². The number of nitrogens with one attached hydrogen (secondary N) is 2. The molecule has 0 saturated carbocycles. The van der Waals surface area contributed by atoms with Gasteiger partial charge in [-0.25, -0.2) is 0 Å². The monoisotopic (exact) mass is 246 g/mol. The number of hydrogen-bond donors (Lipinski definition) is 2. The van der Waals surface area contributed by atoms with Crippen LogP contribution in [0.5, 0.6) is 5.75 Å². The van der Waals surface area contributed by atoms with E-state index in [9.17, 15) is 4.79 Å². The molecule has 0 aliphatic rings. The number of carbonyl (C=O) groups is 1. The van der Waals surface area contributed by atoms with Crippen molar-refractivity contribution in [2.45, 2.75) is 6.92 Å². The lowest BCUT2D eigenvalue weighted by Crippen LogP contribution is -2.08. The number of aryl methyl sites for hydroxylation is 1. The van der Waals surface area contributed by atoms with Gasteiger partial charge in [0.2, 0.25) is 0 Å². The first-order valence-corrected chi connectivity index (χ1v) is 5.42. The lowest BCUT2D eigenvalue weighted by atomic mass is 10.3. The van der Waals surface area contributed by atoms with Gasteiger partial charge in [-0.3, -0.25) is 14.9 Å². The number of rotatable bonds is 4. The Bertz CT molecular complexity index is 533. The molecule has 0 aliphatic carbocycles. The van der Waals surface area contributed by atoms with Crippen LogP contribution in [0, 0.1) is 0 Å². The maximum Gasteiger partial charge on any atom is 0.308 e. The fourth-order valence-electron chi connectivity index (χ4n) is 1.40. The van der Waals surface area contributed by atoms with Gasteiger partial charge in [0, 0.05) is 20.2 Å². The lowest BCUT2D eigenvalue weighted by Gasteiger charge is -2.08. The zero-order valence-electron chi connectivity index (χ0n) is 10.2. The number of anilines is 2. The predicted molar refractivity (Wildman–Crippen MR) is 68.2 cm³/mol. The van der Waals surface area contributed by atoms with Gasteiger partial charge in [0.1, 0.15) is 5.75 Å². The third-order valence-corrected chi connectivity index (χ3v) is 2.17. The molecule has 6 nitrogen and oxygen atoms in total. The van der Waals surface area contributed by atoms with Crippen molar-refractivity contribution in [2.75, 3.05) is 10.9 Å². The van der Waals surface area contributed by atoms with Crippen LogP contribution >= 0.6 is 0 Å². The van der Waals surface area contributed by atoms with Gasteiger partial charge in [0.05, 0.1) is 17.6 Å². The molecular weight excluding hydrogens is 232 g/mol. The van der Waals surface area contributed by atoms with Crippen molar-refractivity contribution in [3.8, 4) is 5.75 Å². The second kappa shape index (κ2) is 5.22. The standard InChI is InChI=1S/C12H14N4O2/c1-9(17)18-12-5-3-10(4-6-12)14-15-11-7-13-16(2)8-11/h3-8,14-15H,1-2H3. The summed E-state index contributed by atoms with van der Waals surface area (Å²) in [5.74, 6) is 0.193. The Morgan fingerprint density at radius 3 is 2.44 bits per heavy atom. The van der Waals surface area contributed by atoms with E-state index in [1.54, 1.807) is 23.0 Å². The van der Waals surface area contributed by atoms with Crippen LogP contribution in [-0.4, -0.2) is 15.7 Å². The van der Waals surface area contributed by atoms with Gasteiger partial charge in [-0.05, 0) is 24.3 Å². The summed E-state index contributed by atoms with van der Waals surface area (Å²) in [7, 11) is 1.85. The molecule has 0 aliphatic heterocycles. The average molecular weight is 246 g/mol. The van der Waals surface area contributed by atoms with Gasteiger partial charge in [0.15, 0.2) is 0 Å². The van der Waals surface area contributed by atoms with Gasteiger partial charge in [-0.1, -0.05) is 0 Å². The molecule has 0 bridgehead atoms. The zero-order chi connectivity index (χ0) is 13.0. The molecule has 1 heterocycles. The number of esters is 1. The first-order valence-electron chi connectivity index (χ1n) is 5.42. The van der Waals surface area contributed by atoms with Crippen molar-refractivity contribution in [2.24, 2.45) is 7.05 Å². The maximum atomic E-state index is 10.8. The Hall–Kier alpha value is -2.50. The number of hydrazine groups is 1. The normalized spacial score (nSPS) is 9.89. The molecule has 0 unspecified atom stereocenters. The molecule has 2 N–H and O–H groups in total. The number of nitrogens with zero attached hydrogens (tertiary/aromatic N) is 2. The number of aromatic nitrogens is 2. The van der Waals surface area contributed by atoms with E-state index >= 15 is 0 Å². The SMILES string of the molecule is CC(=O)Oc1ccc(NNc2cnn(C)c2)cc1. The van der Waals surface area contributed by atoms with E-state index in [2.05, 4.69) is 16.0 Å². The highest BCUT2D eigenvalue weighted by atomic mass is 16.5. The summed E-state index contributed by atoms with van der Waals surface area (Å²) in [6, 6.07) is 7.05. The lowest BCUT2D eigenvalue weighted by molar-refractivity contribution is -0.131. The number of hydrogen-bond acceptors (Lipinski definition) is 5. The van der Waals surface area contributed by atoms with E-state index in [4.69, 9.17) is 4.74 Å². The Labute approximate surface area is 105 Å². The molecule has 1 aromatic carbocycles. The smallest absolute Gasteiger partial charge is 0.308 e. The second-order valence-electron chi connectivity index (χ2n) is 3.77. The summed E-state index contributed by atoms with van der Waals surface area (Å²) in [5, 5.41) is 4.03. The van der Waals surface area contributed by atoms with Crippen molar-refractivity contribution in [1.82, 2.24) is 9.78 Å². The van der Waals surface area contributed by atoms with E-state index in [1.165, 1.54) is 6.92 Å². The summed E-state index contributed by atoms with van der Waals surface area (Å²) in [4.78, 5) is 10.8. The predicted octanol–water partition coefficient (Wildman–Crippen LogP) is 1.78. The van der Waals surface area contributed by atoms with Crippen LogP contribution in [0.4, 0.5) is 11.4 Å². The van der Waals surface area contributed by atoms with E-state index in [0.717, 1.165) is 11.4 Å². The molecule has 0 saturated heterocycles. The maximum absolute atomic E-state index is 10.8. The number of carbonyl (C=O) groups excluding carboxylic acids is 1. The van der Waals surface area contributed by atoms with E-state index in [-0.39, 0.29) is 5.97 Å². The summed E-state index contributed by atoms with van der Waals surface area (Å²) >= 11 is 0. The Morgan fingerprint density at radius 1 is 1.22 bits per heavy atom. The van der Waals surface area contributed by atoms with Gasteiger partial charge in [0.25, 0.3) is 0 Å². The van der Waals surface area contributed by atoms with Gasteiger partial charge >= 0.3 is 5.97 Å². The Morgan fingerprint density at radius 2 is 1.89 bits per heavy atom. The minimum atomic E-state index is -0.329. The second-order valence-corrected chi connectivity index (χ2v) is 3.77. The first-order chi connectivity index (χ1) is 8.63. The van der Waals surface area contributed by atoms with Crippen LogP contribution < -0.4 is 15.6 Å². The summed E-state index contributed by atoms with van der Waals surface area (Å²) < 4.78 is 6.64. The fraction of sp³-hybridized carbons (Fsp3) is 0.167. The summed E-state index contributed by atoms with van der Waals surface area (Å²) in [5.41, 5.74) is 7.73. The zero-order valence-corrected chi connectivity index (χ0v) is 10.2. The molecule has 94 valence electrons. The fourth-order valence-corrected chi connectivity index (χ4v) is 1.40. The summed E-state index contributed by atoms with van der Waals surface area (Å²) in [6.07, 6.45) is 3.56. The molecule has 2 rings (SSSR count). The van der Waals surface area contributed by atoms with Crippen LogP contribution in [0.2, 0.25) is 0 Å². The molecule has 2 aromatic rings. The minimum Gasteiger partial charge on any atom is -0.427 e. The van der Waals surface area contributed by atoms with E-state index < -0.39 is 0 Å². The van der Waals surface area contributed by atoms with Crippen LogP contribution in [0.15, 0.2) is 36.7 Å². The Kier molecular flexibility index (Phi) is 3.47. The molecule has 0 spiro atoms. The minimum absolute atomic E-state index is 0.329. The van der Waals surface area contributed by atoms with E-state index in [1.807, 2.05) is 25.4 Å². The van der Waals surface area contributed by atoms with Gasteiger partial charge < -0.3 is 10.2 Å². The van der Waals surface area contributed by atoms with Gasteiger partial charge in [-0.15, -0.1) is 0 Å². The van der Waals surface area contributed by atoms with Crippen LogP contribution in [0.1, 0.15) is 6.92 Å². The van der Waals surface area contributed by atoms with Crippen molar-refractivity contribution >= 4 is 17.3 Å². The van der Waals surface area contributed by atoms with Crippen LogP contribution in [0.25, 0.3) is 0 Å². The highest BCUT2D eigenvalue weighted by Crippen LogP contribution is 2.16. The van der Waals surface area contributed by atoms with E-state index in [0.29, 0.717) is 5.75 Å². The molecule has 18 heavy (non-hydrogen) atoms. The highest BCUT2D eigenvalue weighted by Gasteiger charge is 1.98. The highest BCUT2D eigenvalue weighted by molar-refractivity contribution is 5.69. The number of ether oxygens (including phenoxy) is 1.